The van der Waals surface area contributed by atoms with Gasteiger partial charge >= 0.3 is 0 Å². The number of rotatable bonds is 3. The third-order valence-electron chi connectivity index (χ3n) is 2.03. The lowest BCUT2D eigenvalue weighted by atomic mass is 10.1. The zero-order valence-corrected chi connectivity index (χ0v) is 9.01. The van der Waals surface area contributed by atoms with E-state index in [1.54, 1.807) is 18.2 Å². The molecule has 14 heavy (non-hydrogen) atoms. The van der Waals surface area contributed by atoms with Crippen LogP contribution in [0.2, 0.25) is 5.15 Å². The van der Waals surface area contributed by atoms with Gasteiger partial charge in [0.1, 0.15) is 11.0 Å². The maximum absolute atomic E-state index is 11.5. The quantitative estimate of drug-likeness (QED) is 0.783. The standard InChI is InChI=1S/C10H13ClN2O/c1-3-7(2)10(14)13-9-6-4-5-8(11)12-9/h4-7H,3H2,1-2H3,(H,12,13,14). The van der Waals surface area contributed by atoms with Crippen LogP contribution in [0, 0.1) is 5.92 Å². The molecule has 0 aromatic carbocycles. The van der Waals surface area contributed by atoms with E-state index in [9.17, 15) is 4.79 Å². The van der Waals surface area contributed by atoms with E-state index in [1.165, 1.54) is 0 Å². The maximum Gasteiger partial charge on any atom is 0.228 e. The fourth-order valence-electron chi connectivity index (χ4n) is 0.913. The molecule has 0 fully saturated rings. The molecule has 1 N–H and O–H groups in total. The highest BCUT2D eigenvalue weighted by Gasteiger charge is 2.10. The summed E-state index contributed by atoms with van der Waals surface area (Å²) in [6.45, 7) is 3.84. The third-order valence-corrected chi connectivity index (χ3v) is 2.24. The number of aromatic nitrogens is 1. The number of hydrogen-bond donors (Lipinski definition) is 1. The summed E-state index contributed by atoms with van der Waals surface area (Å²) in [5.41, 5.74) is 0. The maximum atomic E-state index is 11.5. The van der Waals surface area contributed by atoms with Crippen LogP contribution in [0.4, 0.5) is 5.82 Å². The van der Waals surface area contributed by atoms with Crippen molar-refractivity contribution in [3.8, 4) is 0 Å². The van der Waals surface area contributed by atoms with Crippen LogP contribution >= 0.6 is 11.6 Å². The third kappa shape index (κ3) is 3.00. The molecule has 0 saturated heterocycles. The zero-order chi connectivity index (χ0) is 10.6. The summed E-state index contributed by atoms with van der Waals surface area (Å²) in [5, 5.41) is 3.08. The van der Waals surface area contributed by atoms with E-state index in [0.717, 1.165) is 6.42 Å². The van der Waals surface area contributed by atoms with Crippen LogP contribution in [0.5, 0.6) is 0 Å². The number of nitrogens with one attached hydrogen (secondary N) is 1. The smallest absolute Gasteiger partial charge is 0.228 e. The van der Waals surface area contributed by atoms with Gasteiger partial charge in [-0.3, -0.25) is 4.79 Å². The van der Waals surface area contributed by atoms with E-state index < -0.39 is 0 Å². The van der Waals surface area contributed by atoms with Gasteiger partial charge in [-0.15, -0.1) is 0 Å². The Hall–Kier alpha value is -1.09. The second-order valence-corrected chi connectivity index (χ2v) is 3.53. The lowest BCUT2D eigenvalue weighted by Gasteiger charge is -2.08. The Morgan fingerprint density at radius 1 is 1.64 bits per heavy atom. The Labute approximate surface area is 88.5 Å². The number of pyridine rings is 1. The molecule has 0 saturated carbocycles. The molecule has 1 aromatic rings. The fraction of sp³-hybridized carbons (Fsp3) is 0.400. The predicted octanol–water partition coefficient (Wildman–Crippen LogP) is 2.72. The minimum atomic E-state index is -0.0257. The second kappa shape index (κ2) is 4.96. The highest BCUT2D eigenvalue weighted by atomic mass is 35.5. The lowest BCUT2D eigenvalue weighted by molar-refractivity contribution is -0.119. The molecule has 1 heterocycles. The molecule has 0 aliphatic rings. The van der Waals surface area contributed by atoms with Crippen LogP contribution < -0.4 is 5.32 Å². The molecule has 0 aliphatic heterocycles. The van der Waals surface area contributed by atoms with Crippen molar-refractivity contribution in [2.45, 2.75) is 20.3 Å². The van der Waals surface area contributed by atoms with Gasteiger partial charge in [0.25, 0.3) is 0 Å². The Bertz CT molecular complexity index is 328. The minimum Gasteiger partial charge on any atom is -0.310 e. The number of nitrogens with zero attached hydrogens (tertiary/aromatic N) is 1. The van der Waals surface area contributed by atoms with E-state index >= 15 is 0 Å². The summed E-state index contributed by atoms with van der Waals surface area (Å²) >= 11 is 5.68. The van der Waals surface area contributed by atoms with Gasteiger partial charge in [-0.2, -0.15) is 0 Å². The molecular formula is C10H13ClN2O. The van der Waals surface area contributed by atoms with Gasteiger partial charge in [0.05, 0.1) is 0 Å². The molecule has 1 atom stereocenters. The van der Waals surface area contributed by atoms with Crippen LogP contribution in [0.15, 0.2) is 18.2 Å². The van der Waals surface area contributed by atoms with Crippen LogP contribution in [-0.2, 0) is 4.79 Å². The normalized spacial score (nSPS) is 12.2. The van der Waals surface area contributed by atoms with Crippen molar-refractivity contribution in [2.24, 2.45) is 5.92 Å². The summed E-state index contributed by atoms with van der Waals surface area (Å²) in [6.07, 6.45) is 0.812. The van der Waals surface area contributed by atoms with Crippen molar-refractivity contribution in [1.82, 2.24) is 4.98 Å². The van der Waals surface area contributed by atoms with Crippen molar-refractivity contribution in [1.29, 1.82) is 0 Å². The van der Waals surface area contributed by atoms with E-state index in [4.69, 9.17) is 11.6 Å². The molecule has 0 bridgehead atoms. The number of amides is 1. The first-order chi connectivity index (χ1) is 6.63. The molecule has 1 amide bonds. The first kappa shape index (κ1) is 11.0. The molecule has 4 heteroatoms. The van der Waals surface area contributed by atoms with Gasteiger partial charge in [0, 0.05) is 5.92 Å². The predicted molar refractivity (Wildman–Crippen MR) is 57.3 cm³/mol. The molecule has 1 unspecified atom stereocenters. The van der Waals surface area contributed by atoms with Gasteiger partial charge in [-0.05, 0) is 18.6 Å². The Balaban J connectivity index is 2.65. The van der Waals surface area contributed by atoms with E-state index in [-0.39, 0.29) is 11.8 Å². The van der Waals surface area contributed by atoms with E-state index in [1.807, 2.05) is 13.8 Å². The first-order valence-corrected chi connectivity index (χ1v) is 4.94. The van der Waals surface area contributed by atoms with Gasteiger partial charge in [-0.25, -0.2) is 4.98 Å². The van der Waals surface area contributed by atoms with Crippen molar-refractivity contribution in [3.05, 3.63) is 23.4 Å². The molecular weight excluding hydrogens is 200 g/mol. The summed E-state index contributed by atoms with van der Waals surface area (Å²) < 4.78 is 0. The Morgan fingerprint density at radius 3 is 2.93 bits per heavy atom. The average molecular weight is 213 g/mol. The van der Waals surface area contributed by atoms with E-state index in [0.29, 0.717) is 11.0 Å². The molecule has 1 aromatic heterocycles. The fourth-order valence-corrected chi connectivity index (χ4v) is 1.08. The summed E-state index contributed by atoms with van der Waals surface area (Å²) in [4.78, 5) is 15.4. The monoisotopic (exact) mass is 212 g/mol. The number of anilines is 1. The molecule has 0 spiro atoms. The number of carbonyl (C=O) groups excluding carboxylic acids is 1. The largest absolute Gasteiger partial charge is 0.310 e. The lowest BCUT2D eigenvalue weighted by Crippen LogP contribution is -2.20. The zero-order valence-electron chi connectivity index (χ0n) is 8.25. The van der Waals surface area contributed by atoms with E-state index in [2.05, 4.69) is 10.3 Å². The summed E-state index contributed by atoms with van der Waals surface area (Å²) in [6, 6.07) is 5.13. The first-order valence-electron chi connectivity index (χ1n) is 4.57. The molecule has 3 nitrogen and oxygen atoms in total. The van der Waals surface area contributed by atoms with Crippen LogP contribution in [0.25, 0.3) is 0 Å². The van der Waals surface area contributed by atoms with Gasteiger partial charge in [0.2, 0.25) is 5.91 Å². The van der Waals surface area contributed by atoms with Crippen molar-refractivity contribution >= 4 is 23.3 Å². The molecule has 1 rings (SSSR count). The highest BCUT2D eigenvalue weighted by molar-refractivity contribution is 6.29. The summed E-state index contributed by atoms with van der Waals surface area (Å²) in [7, 11) is 0. The minimum absolute atomic E-state index is 0.00391. The number of hydrogen-bond acceptors (Lipinski definition) is 2. The number of halogens is 1. The number of carbonyl (C=O) groups is 1. The van der Waals surface area contributed by atoms with Crippen molar-refractivity contribution in [2.75, 3.05) is 5.32 Å². The van der Waals surface area contributed by atoms with Crippen molar-refractivity contribution in [3.63, 3.8) is 0 Å². The molecule has 0 radical (unpaired) electrons. The SMILES string of the molecule is CCC(C)C(=O)Nc1cccc(Cl)n1. The Morgan fingerprint density at radius 2 is 2.36 bits per heavy atom. The molecule has 76 valence electrons. The van der Waals surface area contributed by atoms with Crippen LogP contribution in [-0.4, -0.2) is 10.9 Å². The van der Waals surface area contributed by atoms with Crippen LogP contribution in [0.3, 0.4) is 0 Å². The van der Waals surface area contributed by atoms with Gasteiger partial charge < -0.3 is 5.32 Å². The van der Waals surface area contributed by atoms with Crippen molar-refractivity contribution < 1.29 is 4.79 Å². The average Bonchev–Trinajstić information content (AvgIpc) is 2.16. The Kier molecular flexibility index (Phi) is 3.89. The molecule has 0 aliphatic carbocycles. The van der Waals surface area contributed by atoms with Gasteiger partial charge in [-0.1, -0.05) is 31.5 Å². The second-order valence-electron chi connectivity index (χ2n) is 3.14. The topological polar surface area (TPSA) is 42.0 Å². The van der Waals surface area contributed by atoms with Gasteiger partial charge in [0.15, 0.2) is 0 Å². The summed E-state index contributed by atoms with van der Waals surface area (Å²) in [5.74, 6) is 0.473. The van der Waals surface area contributed by atoms with Crippen LogP contribution in [0.1, 0.15) is 20.3 Å². The highest BCUT2D eigenvalue weighted by Crippen LogP contribution is 2.11.